The Morgan fingerprint density at radius 2 is 0.941 bits per heavy atom. The monoisotopic (exact) mass is 290 g/mol. The van der Waals surface area contributed by atoms with Crippen molar-refractivity contribution in [1.29, 1.82) is 0 Å². The molecular weight excluding hydrogens is 256 g/mol. The van der Waals surface area contributed by atoms with E-state index in [9.17, 15) is 0 Å². The molecule has 0 atom stereocenters. The van der Waals surface area contributed by atoms with E-state index in [-0.39, 0.29) is 0 Å². The number of hydrogen-bond acceptors (Lipinski definition) is 1. The molecule has 0 saturated carbocycles. The van der Waals surface area contributed by atoms with Crippen molar-refractivity contribution < 1.29 is 0 Å². The summed E-state index contributed by atoms with van der Waals surface area (Å²) in [6.07, 6.45) is 5.83. The maximum absolute atomic E-state index is 2.48. The molecule has 0 aromatic rings. The zero-order valence-corrected chi connectivity index (χ0v) is 15.9. The molecule has 0 aliphatic heterocycles. The predicted octanol–water partition coefficient (Wildman–Crippen LogP) is 5.96. The molecule has 0 spiro atoms. The molecule has 0 rings (SSSR count). The molecule has 0 aliphatic rings. The van der Waals surface area contributed by atoms with Crippen LogP contribution in [0.25, 0.3) is 0 Å². The van der Waals surface area contributed by atoms with Gasteiger partial charge >= 0.3 is 0 Å². The largest absolute Gasteiger partial charge is 0.162 e. The van der Waals surface area contributed by atoms with Gasteiger partial charge in [0.15, 0.2) is 0 Å². The lowest BCUT2D eigenvalue weighted by Crippen LogP contribution is -2.18. The van der Waals surface area contributed by atoms with Crippen molar-refractivity contribution in [3.05, 3.63) is 0 Å². The van der Waals surface area contributed by atoms with Gasteiger partial charge < -0.3 is 0 Å². The summed E-state index contributed by atoms with van der Waals surface area (Å²) in [5.74, 6) is 2.80. The van der Waals surface area contributed by atoms with Gasteiger partial charge in [0.05, 0.1) is 0 Å². The standard InChI is InChI=1S/C14H34SSi2/c1-16(2,3)13-9-7-11-15-12-8-10-14-17(4,5)6/h7-14H2,1-6H3. The highest BCUT2D eigenvalue weighted by Crippen LogP contribution is 2.17. The molecule has 0 aliphatic carbocycles. The zero-order valence-electron chi connectivity index (χ0n) is 13.1. The highest BCUT2D eigenvalue weighted by atomic mass is 32.2. The third-order valence-electron chi connectivity index (χ3n) is 2.93. The van der Waals surface area contributed by atoms with E-state index in [1.165, 1.54) is 49.3 Å². The average molecular weight is 291 g/mol. The van der Waals surface area contributed by atoms with E-state index in [2.05, 4.69) is 51.0 Å². The summed E-state index contributed by atoms with van der Waals surface area (Å²) in [6, 6.07) is 3.03. The summed E-state index contributed by atoms with van der Waals surface area (Å²) in [5.41, 5.74) is 0. The lowest BCUT2D eigenvalue weighted by atomic mass is 10.4. The van der Waals surface area contributed by atoms with Crippen LogP contribution >= 0.6 is 11.8 Å². The van der Waals surface area contributed by atoms with E-state index in [1.54, 1.807) is 0 Å². The molecule has 0 nitrogen and oxygen atoms in total. The molecule has 0 N–H and O–H groups in total. The van der Waals surface area contributed by atoms with Crippen LogP contribution in [0.5, 0.6) is 0 Å². The molecule has 0 saturated heterocycles. The van der Waals surface area contributed by atoms with Gasteiger partial charge in [0.1, 0.15) is 0 Å². The summed E-state index contributed by atoms with van der Waals surface area (Å²) < 4.78 is 0. The average Bonchev–Trinajstić information content (AvgIpc) is 2.11. The van der Waals surface area contributed by atoms with Crippen LogP contribution in [0, 0.1) is 0 Å². The van der Waals surface area contributed by atoms with Crippen molar-refractivity contribution in [2.75, 3.05) is 11.5 Å². The summed E-state index contributed by atoms with van der Waals surface area (Å²) in [6.45, 7) is 14.9. The highest BCUT2D eigenvalue weighted by molar-refractivity contribution is 7.99. The topological polar surface area (TPSA) is 0 Å². The Morgan fingerprint density at radius 3 is 1.24 bits per heavy atom. The molecule has 0 bridgehead atoms. The Balaban J connectivity index is 3.15. The molecule has 17 heavy (non-hydrogen) atoms. The summed E-state index contributed by atoms with van der Waals surface area (Å²) in [7, 11) is -1.53. The molecule has 0 heterocycles. The van der Waals surface area contributed by atoms with Gasteiger partial charge in [-0.2, -0.15) is 11.8 Å². The van der Waals surface area contributed by atoms with Crippen molar-refractivity contribution in [3.63, 3.8) is 0 Å². The van der Waals surface area contributed by atoms with Crippen LogP contribution < -0.4 is 0 Å². The van der Waals surface area contributed by atoms with E-state index in [1.807, 2.05) is 0 Å². The van der Waals surface area contributed by atoms with E-state index in [0.717, 1.165) is 0 Å². The fraction of sp³-hybridized carbons (Fsp3) is 1.00. The lowest BCUT2D eigenvalue weighted by molar-refractivity contribution is 0.862. The number of rotatable bonds is 10. The molecule has 0 aromatic heterocycles. The number of unbranched alkanes of at least 4 members (excludes halogenated alkanes) is 2. The normalized spacial score (nSPS) is 13.1. The Kier molecular flexibility index (Phi) is 9.22. The lowest BCUT2D eigenvalue weighted by Gasteiger charge is -2.15. The van der Waals surface area contributed by atoms with Gasteiger partial charge in [0.25, 0.3) is 0 Å². The van der Waals surface area contributed by atoms with Crippen LogP contribution in [0.3, 0.4) is 0 Å². The van der Waals surface area contributed by atoms with Crippen LogP contribution in [0.2, 0.25) is 51.4 Å². The molecule has 104 valence electrons. The van der Waals surface area contributed by atoms with Crippen molar-refractivity contribution in [2.24, 2.45) is 0 Å². The van der Waals surface area contributed by atoms with E-state index in [0.29, 0.717) is 0 Å². The van der Waals surface area contributed by atoms with Crippen LogP contribution in [0.1, 0.15) is 25.7 Å². The smallest absolute Gasteiger partial charge is 0.0442 e. The van der Waals surface area contributed by atoms with Crippen molar-refractivity contribution in [3.8, 4) is 0 Å². The second kappa shape index (κ2) is 8.81. The van der Waals surface area contributed by atoms with Crippen LogP contribution in [-0.4, -0.2) is 27.7 Å². The Hall–Kier alpha value is 0.784. The first-order chi connectivity index (χ1) is 7.71. The summed E-state index contributed by atoms with van der Waals surface area (Å²) in [5, 5.41) is 0. The molecule has 0 fully saturated rings. The minimum Gasteiger partial charge on any atom is -0.162 e. The van der Waals surface area contributed by atoms with Crippen molar-refractivity contribution in [1.82, 2.24) is 0 Å². The van der Waals surface area contributed by atoms with Crippen LogP contribution in [-0.2, 0) is 0 Å². The first-order valence-electron chi connectivity index (χ1n) is 7.28. The van der Waals surface area contributed by atoms with Crippen LogP contribution in [0.15, 0.2) is 0 Å². The Bertz CT molecular complexity index is 160. The maximum atomic E-state index is 2.48. The minimum absolute atomic E-state index is 0.764. The van der Waals surface area contributed by atoms with E-state index < -0.39 is 16.1 Å². The summed E-state index contributed by atoms with van der Waals surface area (Å²) in [4.78, 5) is 0. The predicted molar refractivity (Wildman–Crippen MR) is 92.1 cm³/mol. The first kappa shape index (κ1) is 17.8. The van der Waals surface area contributed by atoms with E-state index in [4.69, 9.17) is 0 Å². The molecule has 0 unspecified atom stereocenters. The third-order valence-corrected chi connectivity index (χ3v) is 7.79. The zero-order chi connectivity index (χ0) is 13.4. The maximum Gasteiger partial charge on any atom is 0.0442 e. The molecule has 0 radical (unpaired) electrons. The quantitative estimate of drug-likeness (QED) is 0.353. The molecular formula is C14H34SSi2. The Labute approximate surface area is 116 Å². The number of thioether (sulfide) groups is 1. The number of hydrogen-bond donors (Lipinski definition) is 0. The first-order valence-corrected chi connectivity index (χ1v) is 15.9. The molecule has 0 aromatic carbocycles. The van der Waals surface area contributed by atoms with Gasteiger partial charge in [-0.15, -0.1) is 0 Å². The molecule has 3 heteroatoms. The Morgan fingerprint density at radius 1 is 0.588 bits per heavy atom. The van der Waals surface area contributed by atoms with Gasteiger partial charge in [-0.05, 0) is 24.3 Å². The highest BCUT2D eigenvalue weighted by Gasteiger charge is 2.12. The third kappa shape index (κ3) is 16.8. The fourth-order valence-corrected chi connectivity index (χ4v) is 5.46. The second-order valence-electron chi connectivity index (χ2n) is 7.65. The van der Waals surface area contributed by atoms with Crippen molar-refractivity contribution in [2.45, 2.75) is 77.1 Å². The van der Waals surface area contributed by atoms with E-state index >= 15 is 0 Å². The van der Waals surface area contributed by atoms with Gasteiger partial charge in [0, 0.05) is 16.1 Å². The van der Waals surface area contributed by atoms with Crippen molar-refractivity contribution >= 4 is 27.9 Å². The SMILES string of the molecule is C[Si](C)(C)CCCCSCCCC[Si](C)(C)C. The van der Waals surface area contributed by atoms with Gasteiger partial charge in [0.2, 0.25) is 0 Å². The fourth-order valence-electron chi connectivity index (χ4n) is 1.82. The summed E-state index contributed by atoms with van der Waals surface area (Å²) >= 11 is 2.19. The second-order valence-corrected chi connectivity index (χ2v) is 20.1. The van der Waals surface area contributed by atoms with Crippen LogP contribution in [0.4, 0.5) is 0 Å². The minimum atomic E-state index is -0.764. The molecule has 0 amide bonds. The van der Waals surface area contributed by atoms with Gasteiger partial charge in [-0.25, -0.2) is 0 Å². The van der Waals surface area contributed by atoms with Gasteiger partial charge in [-0.3, -0.25) is 0 Å². The van der Waals surface area contributed by atoms with Gasteiger partial charge in [-0.1, -0.05) is 64.2 Å².